The molecular weight excluding hydrogens is 470 g/mol. The van der Waals surface area contributed by atoms with E-state index in [4.69, 9.17) is 13.8 Å². The third-order valence-electron chi connectivity index (χ3n) is 5.94. The minimum absolute atomic E-state index is 0.0979. The van der Waals surface area contributed by atoms with Gasteiger partial charge in [-0.1, -0.05) is 121 Å². The first kappa shape index (κ1) is 24.3. The Bertz CT molecular complexity index is 971. The summed E-state index contributed by atoms with van der Waals surface area (Å²) in [4.78, 5) is 0. The number of rotatable bonds is 10. The predicted octanol–water partition coefficient (Wildman–Crippen LogP) is 5.66. The summed E-state index contributed by atoms with van der Waals surface area (Å²) in [6, 6.07) is 42.0. The standard InChI is InChI=1S/C30H30O3P2/c1-5-13-27(14-6-1)34(28-15-7-2-8-16-28)31-23-25-21-22-26(33-25)24-32-35(29-17-9-3-10-18-29)30-19-11-4-12-20-30/h1-20,25-26H,21-24H2. The van der Waals surface area contributed by atoms with Crippen molar-refractivity contribution in [2.24, 2.45) is 0 Å². The van der Waals surface area contributed by atoms with Gasteiger partial charge in [-0.2, -0.15) is 0 Å². The van der Waals surface area contributed by atoms with Gasteiger partial charge >= 0.3 is 0 Å². The third-order valence-corrected chi connectivity index (χ3v) is 9.82. The van der Waals surface area contributed by atoms with E-state index in [0.29, 0.717) is 13.2 Å². The molecule has 4 aromatic rings. The quantitative estimate of drug-likeness (QED) is 0.263. The van der Waals surface area contributed by atoms with Gasteiger partial charge in [-0.05, 0) is 12.8 Å². The van der Waals surface area contributed by atoms with E-state index in [2.05, 4.69) is 97.1 Å². The van der Waals surface area contributed by atoms with Crippen LogP contribution in [-0.4, -0.2) is 25.4 Å². The molecule has 0 N–H and O–H groups in total. The molecular formula is C30H30O3P2. The van der Waals surface area contributed by atoms with Gasteiger partial charge in [-0.3, -0.25) is 0 Å². The van der Waals surface area contributed by atoms with Crippen LogP contribution in [0.3, 0.4) is 0 Å². The topological polar surface area (TPSA) is 27.7 Å². The number of benzene rings is 4. The fourth-order valence-corrected chi connectivity index (χ4v) is 7.79. The van der Waals surface area contributed by atoms with Gasteiger partial charge in [0.2, 0.25) is 0 Å². The van der Waals surface area contributed by atoms with Crippen LogP contribution in [0.5, 0.6) is 0 Å². The summed E-state index contributed by atoms with van der Waals surface area (Å²) in [5.74, 6) is 0. The van der Waals surface area contributed by atoms with Gasteiger partial charge in [0.25, 0.3) is 0 Å². The minimum Gasteiger partial charge on any atom is -0.370 e. The van der Waals surface area contributed by atoms with Crippen LogP contribution in [-0.2, 0) is 13.8 Å². The first-order chi connectivity index (χ1) is 17.4. The average molecular weight is 501 g/mol. The maximum atomic E-state index is 6.51. The van der Waals surface area contributed by atoms with Crippen LogP contribution >= 0.6 is 16.3 Å². The molecule has 35 heavy (non-hydrogen) atoms. The van der Waals surface area contributed by atoms with Crippen LogP contribution in [0.25, 0.3) is 0 Å². The number of hydrogen-bond acceptors (Lipinski definition) is 3. The summed E-state index contributed by atoms with van der Waals surface area (Å²) < 4.78 is 19.4. The van der Waals surface area contributed by atoms with E-state index < -0.39 is 16.3 Å². The molecule has 0 radical (unpaired) electrons. The van der Waals surface area contributed by atoms with E-state index in [-0.39, 0.29) is 12.2 Å². The number of hydrogen-bond donors (Lipinski definition) is 0. The Morgan fingerprint density at radius 2 is 0.771 bits per heavy atom. The molecule has 3 nitrogen and oxygen atoms in total. The van der Waals surface area contributed by atoms with Crippen molar-refractivity contribution in [1.29, 1.82) is 0 Å². The van der Waals surface area contributed by atoms with Crippen LogP contribution in [0.1, 0.15) is 12.8 Å². The summed E-state index contributed by atoms with van der Waals surface area (Å²) in [5, 5.41) is 4.90. The summed E-state index contributed by atoms with van der Waals surface area (Å²) >= 11 is 0. The van der Waals surface area contributed by atoms with E-state index in [9.17, 15) is 0 Å². The highest BCUT2D eigenvalue weighted by Gasteiger charge is 2.28. The second-order valence-corrected chi connectivity index (χ2v) is 12.2. The Labute approximate surface area is 210 Å². The zero-order valence-electron chi connectivity index (χ0n) is 19.6. The lowest BCUT2D eigenvalue weighted by Gasteiger charge is -2.22. The van der Waals surface area contributed by atoms with Gasteiger partial charge < -0.3 is 13.8 Å². The first-order valence-electron chi connectivity index (χ1n) is 12.1. The average Bonchev–Trinajstić information content (AvgIpc) is 3.39. The normalized spacial score (nSPS) is 17.8. The molecule has 0 bridgehead atoms. The van der Waals surface area contributed by atoms with Gasteiger partial charge in [0, 0.05) is 21.2 Å². The second-order valence-electron chi connectivity index (χ2n) is 8.48. The van der Waals surface area contributed by atoms with Crippen molar-refractivity contribution < 1.29 is 13.8 Å². The molecule has 178 valence electrons. The fraction of sp³-hybridized carbons (Fsp3) is 0.200. The molecule has 1 aliphatic heterocycles. The summed E-state index contributed by atoms with van der Waals surface area (Å²) in [6.07, 6.45) is 2.19. The highest BCUT2D eigenvalue weighted by atomic mass is 31.1. The fourth-order valence-electron chi connectivity index (χ4n) is 4.19. The molecule has 0 amide bonds. The highest BCUT2D eigenvalue weighted by molar-refractivity contribution is 7.68. The lowest BCUT2D eigenvalue weighted by Crippen LogP contribution is -2.23. The molecule has 2 atom stereocenters. The van der Waals surface area contributed by atoms with E-state index in [0.717, 1.165) is 12.8 Å². The molecule has 1 fully saturated rings. The van der Waals surface area contributed by atoms with Crippen molar-refractivity contribution in [3.05, 3.63) is 121 Å². The van der Waals surface area contributed by atoms with Gasteiger partial charge in [-0.25, -0.2) is 0 Å². The van der Waals surface area contributed by atoms with Crippen molar-refractivity contribution in [2.45, 2.75) is 25.0 Å². The van der Waals surface area contributed by atoms with E-state index in [1.165, 1.54) is 21.2 Å². The summed E-state index contributed by atoms with van der Waals surface area (Å²) in [5.41, 5.74) is 0. The zero-order valence-corrected chi connectivity index (χ0v) is 21.4. The van der Waals surface area contributed by atoms with Crippen molar-refractivity contribution in [3.63, 3.8) is 0 Å². The van der Waals surface area contributed by atoms with Crippen LogP contribution in [0.2, 0.25) is 0 Å². The van der Waals surface area contributed by atoms with Gasteiger partial charge in [-0.15, -0.1) is 0 Å². The second kappa shape index (κ2) is 12.5. The van der Waals surface area contributed by atoms with Crippen molar-refractivity contribution in [2.75, 3.05) is 13.2 Å². The Balaban J connectivity index is 1.19. The Kier molecular flexibility index (Phi) is 8.71. The third kappa shape index (κ3) is 6.64. The molecule has 2 unspecified atom stereocenters. The SMILES string of the molecule is c1ccc(P(OCC2CCC(COP(c3ccccc3)c3ccccc3)O2)c2ccccc2)cc1. The van der Waals surface area contributed by atoms with Crippen LogP contribution in [0.4, 0.5) is 0 Å². The Hall–Kier alpha value is -2.38. The number of ether oxygens (including phenoxy) is 1. The van der Waals surface area contributed by atoms with E-state index in [1.807, 2.05) is 24.3 Å². The highest BCUT2D eigenvalue weighted by Crippen LogP contribution is 2.38. The minimum atomic E-state index is -0.868. The lowest BCUT2D eigenvalue weighted by molar-refractivity contribution is 0.00228. The van der Waals surface area contributed by atoms with E-state index in [1.54, 1.807) is 0 Å². The largest absolute Gasteiger partial charge is 0.370 e. The molecule has 0 aromatic heterocycles. The van der Waals surface area contributed by atoms with Crippen molar-refractivity contribution in [1.82, 2.24) is 0 Å². The molecule has 5 heteroatoms. The van der Waals surface area contributed by atoms with Gasteiger partial charge in [0.15, 0.2) is 0 Å². The zero-order chi connectivity index (χ0) is 23.7. The predicted molar refractivity (Wildman–Crippen MR) is 148 cm³/mol. The first-order valence-corrected chi connectivity index (χ1v) is 14.6. The molecule has 0 saturated carbocycles. The molecule has 0 spiro atoms. The van der Waals surface area contributed by atoms with Crippen molar-refractivity contribution >= 4 is 37.5 Å². The van der Waals surface area contributed by atoms with Crippen LogP contribution in [0, 0.1) is 0 Å². The van der Waals surface area contributed by atoms with E-state index >= 15 is 0 Å². The van der Waals surface area contributed by atoms with Crippen LogP contribution < -0.4 is 21.2 Å². The molecule has 4 aromatic carbocycles. The monoisotopic (exact) mass is 500 g/mol. The molecule has 5 rings (SSSR count). The van der Waals surface area contributed by atoms with Gasteiger partial charge in [0.1, 0.15) is 0 Å². The Morgan fingerprint density at radius 1 is 0.486 bits per heavy atom. The molecule has 0 aliphatic carbocycles. The van der Waals surface area contributed by atoms with Crippen molar-refractivity contribution in [3.8, 4) is 0 Å². The van der Waals surface area contributed by atoms with Gasteiger partial charge in [0.05, 0.1) is 41.7 Å². The molecule has 1 saturated heterocycles. The summed E-state index contributed by atoms with van der Waals surface area (Å²) in [7, 11) is -1.74. The van der Waals surface area contributed by atoms with Crippen LogP contribution in [0.15, 0.2) is 121 Å². The maximum absolute atomic E-state index is 6.51. The molecule has 1 heterocycles. The lowest BCUT2D eigenvalue weighted by atomic mass is 10.2. The smallest absolute Gasteiger partial charge is 0.0918 e. The summed E-state index contributed by atoms with van der Waals surface area (Å²) in [6.45, 7) is 1.19. The maximum Gasteiger partial charge on any atom is 0.0918 e. The Morgan fingerprint density at radius 3 is 1.06 bits per heavy atom. The molecule has 1 aliphatic rings.